The number of hydrogen-bond donors (Lipinski definition) is 3. The van der Waals surface area contributed by atoms with Crippen LogP contribution in [0.25, 0.3) is 0 Å². The van der Waals surface area contributed by atoms with Crippen LogP contribution in [0.5, 0.6) is 0 Å². The lowest BCUT2D eigenvalue weighted by Gasteiger charge is -2.56. The first kappa shape index (κ1) is 17.2. The van der Waals surface area contributed by atoms with Crippen molar-refractivity contribution in [3.8, 4) is 0 Å². The second-order valence-electron chi connectivity index (χ2n) is 8.58. The molecule has 2 fully saturated rings. The van der Waals surface area contributed by atoms with E-state index in [-0.39, 0.29) is 16.9 Å². The maximum Gasteiger partial charge on any atom is 0.276 e. The fraction of sp³-hybridized carbons (Fsp3) is 0.500. The number of rotatable bonds is 2. The third kappa shape index (κ3) is 2.43. The van der Waals surface area contributed by atoms with E-state index < -0.39 is 5.66 Å². The van der Waals surface area contributed by atoms with E-state index in [0.717, 1.165) is 18.4 Å². The summed E-state index contributed by atoms with van der Waals surface area (Å²) in [5, 5.41) is 6.19. The average Bonchev–Trinajstić information content (AvgIpc) is 2.93. The fourth-order valence-corrected chi connectivity index (χ4v) is 5.52. The molecule has 0 radical (unpaired) electrons. The molecule has 3 aliphatic rings. The van der Waals surface area contributed by atoms with Crippen LogP contribution in [-0.2, 0) is 5.66 Å². The minimum atomic E-state index is -0.589. The number of aromatic nitrogens is 3. The van der Waals surface area contributed by atoms with E-state index in [2.05, 4.69) is 20.6 Å². The van der Waals surface area contributed by atoms with E-state index in [1.807, 2.05) is 6.92 Å². The van der Waals surface area contributed by atoms with Gasteiger partial charge >= 0.3 is 0 Å². The van der Waals surface area contributed by atoms with Crippen LogP contribution < -0.4 is 21.9 Å². The molecule has 4 N–H and O–H groups in total. The van der Waals surface area contributed by atoms with E-state index in [1.54, 1.807) is 16.7 Å². The first-order valence-electron chi connectivity index (χ1n) is 9.86. The van der Waals surface area contributed by atoms with Crippen LogP contribution >= 0.6 is 0 Å². The van der Waals surface area contributed by atoms with Gasteiger partial charge in [-0.25, -0.2) is 9.97 Å². The summed E-state index contributed by atoms with van der Waals surface area (Å²) in [5.74, 6) is 0.619. The van der Waals surface area contributed by atoms with Crippen LogP contribution in [0.15, 0.2) is 23.3 Å². The van der Waals surface area contributed by atoms with Crippen LogP contribution in [0.3, 0.4) is 0 Å². The zero-order chi connectivity index (χ0) is 19.5. The van der Waals surface area contributed by atoms with Gasteiger partial charge < -0.3 is 16.4 Å². The topological polar surface area (TPSA) is 115 Å². The number of carbonyl (C=O) groups excluding carboxylic acids is 1. The molecule has 0 saturated heterocycles. The molecule has 2 aromatic rings. The van der Waals surface area contributed by atoms with Crippen molar-refractivity contribution in [2.45, 2.75) is 57.5 Å². The zero-order valence-corrected chi connectivity index (χ0v) is 15.9. The monoisotopic (exact) mass is 380 g/mol. The molecule has 2 saturated carbocycles. The van der Waals surface area contributed by atoms with Crippen LogP contribution in [-0.4, -0.2) is 20.4 Å². The smallest absolute Gasteiger partial charge is 0.276 e. The third-order valence-electron chi connectivity index (χ3n) is 6.58. The summed E-state index contributed by atoms with van der Waals surface area (Å²) in [6.07, 6.45) is 9.15. The van der Waals surface area contributed by atoms with Gasteiger partial charge in [-0.15, -0.1) is 0 Å². The van der Waals surface area contributed by atoms with Crippen LogP contribution in [0, 0.1) is 12.3 Å². The average molecular weight is 380 g/mol. The molecule has 8 nitrogen and oxygen atoms in total. The number of anilines is 3. The summed E-state index contributed by atoms with van der Waals surface area (Å²) < 4.78 is 1.69. The van der Waals surface area contributed by atoms with E-state index in [4.69, 9.17) is 5.73 Å². The Morgan fingerprint density at radius 3 is 2.61 bits per heavy atom. The van der Waals surface area contributed by atoms with Crippen LogP contribution in [0.2, 0.25) is 0 Å². The normalized spacial score (nSPS) is 21.2. The number of hydrogen-bond acceptors (Lipinski definition) is 6. The predicted molar refractivity (Wildman–Crippen MR) is 105 cm³/mol. The Morgan fingerprint density at radius 1 is 1.14 bits per heavy atom. The van der Waals surface area contributed by atoms with Crippen molar-refractivity contribution in [2.75, 3.05) is 11.1 Å². The summed E-state index contributed by atoms with van der Waals surface area (Å²) in [7, 11) is 0. The lowest BCUT2D eigenvalue weighted by molar-refractivity contribution is -0.0645. The number of pyridine rings is 1. The molecule has 2 aliphatic carbocycles. The molecule has 5 rings (SSSR count). The molecule has 2 aromatic heterocycles. The number of nitrogen functional groups attached to an aromatic ring is 1. The summed E-state index contributed by atoms with van der Waals surface area (Å²) in [5.41, 5.74) is 6.82. The van der Waals surface area contributed by atoms with E-state index in [0.29, 0.717) is 23.0 Å². The molecule has 8 heteroatoms. The SMILES string of the molecule is Cc1cc(Nc2cc(N)ncn2)c(=O)n2c1C(=O)NC21CC2(CCCCC2)C1. The Hall–Kier alpha value is -2.90. The lowest BCUT2D eigenvalue weighted by Crippen LogP contribution is -2.61. The predicted octanol–water partition coefficient (Wildman–Crippen LogP) is 2.41. The molecule has 1 aliphatic heterocycles. The zero-order valence-electron chi connectivity index (χ0n) is 15.9. The Kier molecular flexibility index (Phi) is 3.56. The maximum absolute atomic E-state index is 13.4. The van der Waals surface area contributed by atoms with E-state index in [9.17, 15) is 9.59 Å². The highest BCUT2D eigenvalue weighted by Crippen LogP contribution is 2.59. The second-order valence-corrected chi connectivity index (χ2v) is 8.58. The quantitative estimate of drug-likeness (QED) is 0.737. The number of carbonyl (C=O) groups is 1. The highest BCUT2D eigenvalue weighted by atomic mass is 16.2. The molecule has 146 valence electrons. The van der Waals surface area contributed by atoms with Crippen LogP contribution in [0.1, 0.15) is 61.0 Å². The fourth-order valence-electron chi connectivity index (χ4n) is 5.52. The van der Waals surface area contributed by atoms with E-state index >= 15 is 0 Å². The Labute approximate surface area is 162 Å². The van der Waals surface area contributed by atoms with Gasteiger partial charge in [-0.05, 0) is 49.7 Å². The minimum Gasteiger partial charge on any atom is -0.384 e. The standard InChI is InChI=1S/C20H24N6O2/c1-12-7-13(24-15-8-14(21)22-11-23-15)18(28)26-16(12)17(27)25-20(26)9-19(10-20)5-3-2-4-6-19/h7-8,11H,2-6,9-10H2,1H3,(H,25,27)(H3,21,22,23,24). The van der Waals surface area contributed by atoms with Gasteiger partial charge in [-0.1, -0.05) is 19.3 Å². The van der Waals surface area contributed by atoms with Gasteiger partial charge in [0.1, 0.15) is 35.0 Å². The van der Waals surface area contributed by atoms with Crippen molar-refractivity contribution in [2.24, 2.45) is 5.41 Å². The van der Waals surface area contributed by atoms with Gasteiger partial charge in [0, 0.05) is 6.07 Å². The molecule has 2 spiro atoms. The molecule has 1 amide bonds. The molecule has 3 heterocycles. The van der Waals surface area contributed by atoms with Gasteiger partial charge in [0.2, 0.25) is 0 Å². The minimum absolute atomic E-state index is 0.155. The molecule has 28 heavy (non-hydrogen) atoms. The summed E-state index contributed by atoms with van der Waals surface area (Å²) >= 11 is 0. The third-order valence-corrected chi connectivity index (χ3v) is 6.58. The van der Waals surface area contributed by atoms with Crippen molar-refractivity contribution < 1.29 is 4.79 Å². The van der Waals surface area contributed by atoms with Crippen molar-refractivity contribution >= 4 is 23.2 Å². The molecule has 0 bridgehead atoms. The highest BCUT2D eigenvalue weighted by molar-refractivity contribution is 5.97. The van der Waals surface area contributed by atoms with Gasteiger partial charge in [0.25, 0.3) is 11.5 Å². The number of nitrogens with zero attached hydrogens (tertiary/aromatic N) is 3. The molecular weight excluding hydrogens is 356 g/mol. The summed E-state index contributed by atoms with van der Waals surface area (Å²) in [6.45, 7) is 1.86. The number of fused-ring (bicyclic) bond motifs is 2. The maximum atomic E-state index is 13.4. The largest absolute Gasteiger partial charge is 0.384 e. The number of nitrogens with two attached hydrogens (primary N) is 1. The Bertz CT molecular complexity index is 1030. The van der Waals surface area contributed by atoms with Gasteiger partial charge in [-0.2, -0.15) is 0 Å². The van der Waals surface area contributed by atoms with Crippen molar-refractivity contribution in [1.29, 1.82) is 0 Å². The molecular formula is C20H24N6O2. The van der Waals surface area contributed by atoms with Crippen molar-refractivity contribution in [3.63, 3.8) is 0 Å². The van der Waals surface area contributed by atoms with Crippen LogP contribution in [0.4, 0.5) is 17.3 Å². The van der Waals surface area contributed by atoms with Gasteiger partial charge in [0.15, 0.2) is 0 Å². The number of aryl methyl sites for hydroxylation is 1. The van der Waals surface area contributed by atoms with Crippen molar-refractivity contribution in [3.05, 3.63) is 40.1 Å². The lowest BCUT2D eigenvalue weighted by atomic mass is 9.55. The van der Waals surface area contributed by atoms with Crippen molar-refractivity contribution in [1.82, 2.24) is 19.9 Å². The Morgan fingerprint density at radius 2 is 1.89 bits per heavy atom. The second kappa shape index (κ2) is 5.80. The Balaban J connectivity index is 1.55. The van der Waals surface area contributed by atoms with Gasteiger partial charge in [0.05, 0.1) is 0 Å². The number of nitrogens with one attached hydrogen (secondary N) is 2. The highest BCUT2D eigenvalue weighted by Gasteiger charge is 2.60. The molecule has 0 aromatic carbocycles. The molecule has 0 unspecified atom stereocenters. The van der Waals surface area contributed by atoms with E-state index in [1.165, 1.54) is 38.4 Å². The molecule has 0 atom stereocenters. The first-order chi connectivity index (χ1) is 13.4. The van der Waals surface area contributed by atoms with Gasteiger partial charge in [-0.3, -0.25) is 14.2 Å². The summed E-state index contributed by atoms with van der Waals surface area (Å²) in [4.78, 5) is 34.1. The number of amides is 1. The summed E-state index contributed by atoms with van der Waals surface area (Å²) in [6, 6.07) is 3.28. The first-order valence-corrected chi connectivity index (χ1v) is 9.86.